The fourth-order valence-electron chi connectivity index (χ4n) is 4.14. The highest BCUT2D eigenvalue weighted by Crippen LogP contribution is 2.29. The van der Waals surface area contributed by atoms with E-state index < -0.39 is 15.8 Å². The van der Waals surface area contributed by atoms with E-state index in [0.717, 1.165) is 36.8 Å². The topological polar surface area (TPSA) is 52.7 Å². The van der Waals surface area contributed by atoms with Crippen molar-refractivity contribution in [1.82, 2.24) is 9.62 Å². The van der Waals surface area contributed by atoms with Crippen LogP contribution in [0.2, 0.25) is 0 Å². The van der Waals surface area contributed by atoms with Crippen LogP contribution in [0.5, 0.6) is 0 Å². The van der Waals surface area contributed by atoms with Crippen LogP contribution in [0, 0.1) is 5.82 Å². The molecule has 1 atom stereocenters. The lowest BCUT2D eigenvalue weighted by Crippen LogP contribution is -2.40. The Morgan fingerprint density at radius 3 is 2.41 bits per heavy atom. The first-order valence-electron chi connectivity index (χ1n) is 10.7. The molecule has 0 aliphatic carbocycles. The van der Waals surface area contributed by atoms with E-state index in [1.165, 1.54) is 29.3 Å². The Labute approximate surface area is 189 Å². The summed E-state index contributed by atoms with van der Waals surface area (Å²) in [5.74, 6) is -0.573. The Morgan fingerprint density at radius 2 is 1.72 bits per heavy atom. The number of nitrogens with zero attached hydrogens (tertiary/aromatic N) is 2. The molecule has 7 heteroatoms. The predicted octanol–water partition coefficient (Wildman–Crippen LogP) is 3.97. The number of hydrogen-bond acceptors (Lipinski definition) is 4. The van der Waals surface area contributed by atoms with Gasteiger partial charge < -0.3 is 4.90 Å². The molecule has 5 nitrogen and oxygen atoms in total. The maximum absolute atomic E-state index is 13.6. The summed E-state index contributed by atoms with van der Waals surface area (Å²) < 4.78 is 42.0. The number of nitrogens with one attached hydrogen (secondary N) is 1. The summed E-state index contributed by atoms with van der Waals surface area (Å²) in [4.78, 5) is 4.27. The molecule has 1 unspecified atom stereocenters. The van der Waals surface area contributed by atoms with E-state index >= 15 is 0 Å². The fourth-order valence-corrected chi connectivity index (χ4v) is 5.21. The van der Waals surface area contributed by atoms with Crippen LogP contribution < -0.4 is 9.62 Å². The number of sulfonamides is 1. The average Bonchev–Trinajstić information content (AvgIpc) is 2.79. The first-order valence-corrected chi connectivity index (χ1v) is 12.2. The minimum Gasteiger partial charge on any atom is -0.378 e. The van der Waals surface area contributed by atoms with E-state index in [0.29, 0.717) is 0 Å². The largest absolute Gasteiger partial charge is 0.378 e. The summed E-state index contributed by atoms with van der Waals surface area (Å²) in [6.45, 7) is 1.78. The molecule has 3 aromatic rings. The molecule has 0 fully saturated rings. The van der Waals surface area contributed by atoms with Crippen molar-refractivity contribution in [3.63, 3.8) is 0 Å². The van der Waals surface area contributed by atoms with Gasteiger partial charge in [-0.05, 0) is 53.4 Å². The summed E-state index contributed by atoms with van der Waals surface area (Å²) in [6, 6.07) is 21.5. The van der Waals surface area contributed by atoms with Crippen molar-refractivity contribution >= 4 is 15.7 Å². The standard InChI is InChI=1S/C25H28FN3O2S/c1-28(2)23-12-10-20(11-13-23)25(29-15-14-19-6-3-4-7-21(19)18-29)17-27-32(30,31)24-9-5-8-22(26)16-24/h3-13,16,25,27H,14-15,17-18H2,1-2H3. The van der Waals surface area contributed by atoms with Gasteiger partial charge in [0.15, 0.2) is 0 Å². The second kappa shape index (κ2) is 9.40. The van der Waals surface area contributed by atoms with Gasteiger partial charge in [0.1, 0.15) is 5.82 Å². The third-order valence-corrected chi connectivity index (χ3v) is 7.39. The summed E-state index contributed by atoms with van der Waals surface area (Å²) in [5.41, 5.74) is 4.72. The Balaban J connectivity index is 1.60. The van der Waals surface area contributed by atoms with Gasteiger partial charge in [-0.1, -0.05) is 42.5 Å². The van der Waals surface area contributed by atoms with Gasteiger partial charge in [-0.2, -0.15) is 0 Å². The summed E-state index contributed by atoms with van der Waals surface area (Å²) in [7, 11) is 0.143. The summed E-state index contributed by atoms with van der Waals surface area (Å²) in [5, 5.41) is 0. The van der Waals surface area contributed by atoms with E-state index in [9.17, 15) is 12.8 Å². The molecular formula is C25H28FN3O2S. The van der Waals surface area contributed by atoms with Crippen molar-refractivity contribution in [3.05, 3.63) is 95.3 Å². The molecule has 0 aromatic heterocycles. The molecule has 1 aliphatic rings. The molecule has 0 saturated heterocycles. The van der Waals surface area contributed by atoms with Gasteiger partial charge in [-0.25, -0.2) is 17.5 Å². The normalized spacial score (nSPS) is 15.2. The zero-order chi connectivity index (χ0) is 22.7. The molecule has 1 heterocycles. The number of halogens is 1. The van der Waals surface area contributed by atoms with Crippen molar-refractivity contribution in [3.8, 4) is 0 Å². The van der Waals surface area contributed by atoms with Gasteiger partial charge >= 0.3 is 0 Å². The molecule has 0 radical (unpaired) electrons. The van der Waals surface area contributed by atoms with Crippen molar-refractivity contribution in [2.24, 2.45) is 0 Å². The van der Waals surface area contributed by atoms with Crippen LogP contribution in [0.3, 0.4) is 0 Å². The predicted molar refractivity (Wildman–Crippen MR) is 126 cm³/mol. The van der Waals surface area contributed by atoms with Crippen LogP contribution in [-0.2, 0) is 23.0 Å². The Hall–Kier alpha value is -2.74. The number of anilines is 1. The Bertz CT molecular complexity index is 1180. The molecule has 3 aromatic carbocycles. The van der Waals surface area contributed by atoms with E-state index in [1.54, 1.807) is 0 Å². The highest BCUT2D eigenvalue weighted by atomic mass is 32.2. The molecule has 1 N–H and O–H groups in total. The van der Waals surface area contributed by atoms with Crippen LogP contribution in [-0.4, -0.2) is 40.5 Å². The molecule has 0 spiro atoms. The van der Waals surface area contributed by atoms with E-state index in [1.807, 2.05) is 37.2 Å². The van der Waals surface area contributed by atoms with Gasteiger partial charge in [-0.15, -0.1) is 0 Å². The lowest BCUT2D eigenvalue weighted by Gasteiger charge is -2.36. The molecule has 0 amide bonds. The summed E-state index contributed by atoms with van der Waals surface area (Å²) >= 11 is 0. The van der Waals surface area contributed by atoms with E-state index in [4.69, 9.17) is 0 Å². The zero-order valence-electron chi connectivity index (χ0n) is 18.3. The van der Waals surface area contributed by atoms with Crippen LogP contribution in [0.1, 0.15) is 22.7 Å². The average molecular weight is 454 g/mol. The second-order valence-electron chi connectivity index (χ2n) is 8.30. The van der Waals surface area contributed by atoms with Crippen LogP contribution in [0.4, 0.5) is 10.1 Å². The lowest BCUT2D eigenvalue weighted by molar-refractivity contribution is 0.180. The molecule has 0 bridgehead atoms. The van der Waals surface area contributed by atoms with Crippen molar-refractivity contribution in [2.45, 2.75) is 23.9 Å². The monoisotopic (exact) mass is 453 g/mol. The molecule has 1 aliphatic heterocycles. The van der Waals surface area contributed by atoms with Gasteiger partial charge in [0.2, 0.25) is 10.0 Å². The highest BCUT2D eigenvalue weighted by Gasteiger charge is 2.27. The minimum absolute atomic E-state index is 0.0665. The van der Waals surface area contributed by atoms with Crippen LogP contribution in [0.25, 0.3) is 0 Å². The van der Waals surface area contributed by atoms with Crippen LogP contribution >= 0.6 is 0 Å². The number of hydrogen-bond donors (Lipinski definition) is 1. The van der Waals surface area contributed by atoms with Crippen molar-refractivity contribution in [2.75, 3.05) is 32.1 Å². The maximum atomic E-state index is 13.6. The quantitative estimate of drug-likeness (QED) is 0.588. The summed E-state index contributed by atoms with van der Waals surface area (Å²) in [6.07, 6.45) is 0.916. The number of rotatable bonds is 7. The lowest BCUT2D eigenvalue weighted by atomic mass is 9.96. The number of benzene rings is 3. The second-order valence-corrected chi connectivity index (χ2v) is 10.1. The molecule has 0 saturated carbocycles. The van der Waals surface area contributed by atoms with E-state index in [2.05, 4.69) is 40.0 Å². The van der Waals surface area contributed by atoms with E-state index in [-0.39, 0.29) is 17.5 Å². The van der Waals surface area contributed by atoms with Gasteiger partial charge in [0.05, 0.1) is 4.90 Å². The first-order chi connectivity index (χ1) is 15.3. The van der Waals surface area contributed by atoms with Crippen molar-refractivity contribution < 1.29 is 12.8 Å². The Morgan fingerprint density at radius 1 is 1.00 bits per heavy atom. The van der Waals surface area contributed by atoms with Crippen molar-refractivity contribution in [1.29, 1.82) is 0 Å². The molecule has 168 valence electrons. The van der Waals surface area contributed by atoms with Crippen LogP contribution in [0.15, 0.2) is 77.7 Å². The smallest absolute Gasteiger partial charge is 0.240 e. The molecular weight excluding hydrogens is 425 g/mol. The minimum atomic E-state index is -3.83. The Kier molecular flexibility index (Phi) is 6.60. The third kappa shape index (κ3) is 5.01. The number of fused-ring (bicyclic) bond motifs is 1. The van der Waals surface area contributed by atoms with Gasteiger partial charge in [0.25, 0.3) is 0 Å². The molecule has 32 heavy (non-hydrogen) atoms. The highest BCUT2D eigenvalue weighted by molar-refractivity contribution is 7.89. The first kappa shape index (κ1) is 22.5. The third-order valence-electron chi connectivity index (χ3n) is 5.97. The maximum Gasteiger partial charge on any atom is 0.240 e. The molecule has 4 rings (SSSR count). The van der Waals surface area contributed by atoms with Gasteiger partial charge in [-0.3, -0.25) is 4.90 Å². The SMILES string of the molecule is CN(C)c1ccc(C(CNS(=O)(=O)c2cccc(F)c2)N2CCc3ccccc3C2)cc1. The van der Waals surface area contributed by atoms with Gasteiger partial charge in [0, 0.05) is 45.5 Å². The fraction of sp³-hybridized carbons (Fsp3) is 0.280. The zero-order valence-corrected chi connectivity index (χ0v) is 19.1.